The largest absolute Gasteiger partial charge is 0.477 e. The Kier molecular flexibility index (Phi) is 3.78. The Morgan fingerprint density at radius 1 is 1.43 bits per heavy atom. The number of hydrazine groups is 1. The molecule has 0 fully saturated rings. The number of fused-ring (bicyclic) bond motifs is 1. The number of nitrogens with zero attached hydrogens (tertiary/aromatic N) is 2. The minimum atomic E-state index is -1.38. The van der Waals surface area contributed by atoms with Crippen molar-refractivity contribution in [1.29, 1.82) is 0 Å². The van der Waals surface area contributed by atoms with Crippen LogP contribution < -0.4 is 5.32 Å². The number of carboxylic acids is 1. The Hall–Kier alpha value is -2.45. The molecular formula is C14H10ClF2N3O3. The van der Waals surface area contributed by atoms with Crippen molar-refractivity contribution in [2.75, 3.05) is 6.54 Å². The number of amides is 1. The molecule has 0 saturated carbocycles. The first-order valence-electron chi connectivity index (χ1n) is 6.51. The quantitative estimate of drug-likeness (QED) is 0.819. The van der Waals surface area contributed by atoms with E-state index in [-0.39, 0.29) is 23.9 Å². The van der Waals surface area contributed by atoms with Crippen LogP contribution in [0.15, 0.2) is 41.4 Å². The first kappa shape index (κ1) is 15.4. The predicted octanol–water partition coefficient (Wildman–Crippen LogP) is 1.75. The van der Waals surface area contributed by atoms with Crippen molar-refractivity contribution in [2.45, 2.75) is 6.42 Å². The molecule has 3 rings (SSSR count). The Morgan fingerprint density at radius 2 is 2.17 bits per heavy atom. The zero-order chi connectivity index (χ0) is 16.7. The van der Waals surface area contributed by atoms with Gasteiger partial charge in [-0.2, -0.15) is 0 Å². The molecule has 0 saturated heterocycles. The van der Waals surface area contributed by atoms with Gasteiger partial charge in [0, 0.05) is 5.02 Å². The molecule has 0 bridgehead atoms. The lowest BCUT2D eigenvalue weighted by molar-refractivity contribution is -0.139. The van der Waals surface area contributed by atoms with Gasteiger partial charge < -0.3 is 10.4 Å². The number of hydrogen-bond donors (Lipinski definition) is 2. The van der Waals surface area contributed by atoms with Crippen molar-refractivity contribution in [3.8, 4) is 0 Å². The van der Waals surface area contributed by atoms with Gasteiger partial charge in [0.2, 0.25) is 0 Å². The van der Waals surface area contributed by atoms with E-state index in [0.29, 0.717) is 16.2 Å². The van der Waals surface area contributed by atoms with Gasteiger partial charge >= 0.3 is 5.97 Å². The lowest BCUT2D eigenvalue weighted by Crippen LogP contribution is -2.42. The van der Waals surface area contributed by atoms with Crippen LogP contribution in [0.3, 0.4) is 0 Å². The van der Waals surface area contributed by atoms with E-state index in [2.05, 4.69) is 5.32 Å². The molecule has 6 nitrogen and oxygen atoms in total. The van der Waals surface area contributed by atoms with Crippen LogP contribution in [0.5, 0.6) is 0 Å². The number of carbonyl (C=O) groups excluding carboxylic acids is 1. The van der Waals surface area contributed by atoms with Crippen molar-refractivity contribution in [2.24, 2.45) is 0 Å². The van der Waals surface area contributed by atoms with E-state index in [1.807, 2.05) is 0 Å². The average Bonchev–Trinajstić information content (AvgIpc) is 2.80. The van der Waals surface area contributed by atoms with Crippen LogP contribution in [-0.2, 0) is 16.0 Å². The van der Waals surface area contributed by atoms with Crippen molar-refractivity contribution in [3.63, 3.8) is 0 Å². The van der Waals surface area contributed by atoms with Gasteiger partial charge in [-0.15, -0.1) is 4.48 Å². The summed E-state index contributed by atoms with van der Waals surface area (Å²) in [5.41, 5.74) is 0.299. The number of carbonyl (C=O) groups is 2. The van der Waals surface area contributed by atoms with E-state index in [1.54, 1.807) is 0 Å². The van der Waals surface area contributed by atoms with Crippen LogP contribution in [0.2, 0.25) is 5.02 Å². The highest BCUT2D eigenvalue weighted by Crippen LogP contribution is 2.31. The molecule has 2 aliphatic rings. The van der Waals surface area contributed by atoms with E-state index < -0.39 is 23.4 Å². The number of benzene rings is 1. The van der Waals surface area contributed by atoms with Gasteiger partial charge in [-0.25, -0.2) is 14.2 Å². The molecule has 0 atom stereocenters. The fraction of sp³-hybridized carbons (Fsp3) is 0.143. The standard InChI is InChI=1S/C14H10ClF2N3O3/c15-10-2-1-9(16)4-7(10)3-8-5-20(17)19-6-11(14(22)23)18-13(21)12(8)19/h1-2,4,6H,3,5H2,(H,18,21)(H,22,23). The van der Waals surface area contributed by atoms with E-state index in [4.69, 9.17) is 16.7 Å². The van der Waals surface area contributed by atoms with Gasteiger partial charge in [0.25, 0.3) is 5.91 Å². The zero-order valence-corrected chi connectivity index (χ0v) is 12.3. The Morgan fingerprint density at radius 3 is 2.87 bits per heavy atom. The molecule has 0 unspecified atom stereocenters. The average molecular weight is 342 g/mol. The summed E-state index contributed by atoms with van der Waals surface area (Å²) in [7, 11) is 0. The lowest BCUT2D eigenvalue weighted by Gasteiger charge is -2.25. The lowest BCUT2D eigenvalue weighted by atomic mass is 10.0. The summed E-state index contributed by atoms with van der Waals surface area (Å²) < 4.78 is 27.3. The predicted molar refractivity (Wildman–Crippen MR) is 75.7 cm³/mol. The SMILES string of the molecule is O=C(O)C1=CN2C(=C(Cc3cc(F)ccc3Cl)CN2F)C(=O)N1. The van der Waals surface area contributed by atoms with E-state index in [0.717, 1.165) is 11.2 Å². The van der Waals surface area contributed by atoms with Crippen LogP contribution in [0, 0.1) is 5.82 Å². The van der Waals surface area contributed by atoms with E-state index >= 15 is 0 Å². The molecule has 9 heteroatoms. The Labute approximate surface area is 134 Å². The first-order chi connectivity index (χ1) is 10.9. The number of rotatable bonds is 3. The molecule has 2 aliphatic heterocycles. The molecule has 0 aromatic heterocycles. The highest BCUT2D eigenvalue weighted by Gasteiger charge is 2.38. The maximum atomic E-state index is 14.0. The molecule has 1 amide bonds. The molecule has 0 radical (unpaired) electrons. The molecule has 120 valence electrons. The minimum Gasteiger partial charge on any atom is -0.477 e. The van der Waals surface area contributed by atoms with Crippen LogP contribution in [0.4, 0.5) is 8.87 Å². The van der Waals surface area contributed by atoms with E-state index in [9.17, 15) is 18.5 Å². The Bertz CT molecular complexity index is 779. The van der Waals surface area contributed by atoms with Crippen LogP contribution in [0.25, 0.3) is 0 Å². The van der Waals surface area contributed by atoms with Crippen LogP contribution in [0.1, 0.15) is 5.56 Å². The second kappa shape index (κ2) is 5.64. The molecular weight excluding hydrogens is 332 g/mol. The maximum absolute atomic E-state index is 14.0. The second-order valence-corrected chi connectivity index (χ2v) is 5.41. The van der Waals surface area contributed by atoms with Crippen LogP contribution in [-0.4, -0.2) is 33.8 Å². The molecule has 23 heavy (non-hydrogen) atoms. The normalized spacial score (nSPS) is 18.0. The maximum Gasteiger partial charge on any atom is 0.354 e. The summed E-state index contributed by atoms with van der Waals surface area (Å²) in [6.07, 6.45) is 1.03. The molecule has 2 heterocycles. The smallest absolute Gasteiger partial charge is 0.354 e. The van der Waals surface area contributed by atoms with Gasteiger partial charge in [-0.1, -0.05) is 11.6 Å². The number of hydrogen-bond acceptors (Lipinski definition) is 4. The summed E-state index contributed by atoms with van der Waals surface area (Å²) in [6, 6.07) is 3.78. The number of aliphatic carboxylic acids is 1. The third-order valence-electron chi connectivity index (χ3n) is 3.48. The molecule has 0 aliphatic carbocycles. The fourth-order valence-corrected chi connectivity index (χ4v) is 2.65. The summed E-state index contributed by atoms with van der Waals surface area (Å²) in [6.45, 7) is -0.251. The summed E-state index contributed by atoms with van der Waals surface area (Å²) in [5, 5.41) is 12.4. The number of nitrogens with one attached hydrogen (secondary N) is 1. The molecule has 1 aromatic rings. The minimum absolute atomic E-state index is 0.0298. The third kappa shape index (κ3) is 2.78. The third-order valence-corrected chi connectivity index (χ3v) is 3.84. The van der Waals surface area contributed by atoms with Gasteiger partial charge in [-0.3, -0.25) is 4.79 Å². The van der Waals surface area contributed by atoms with Gasteiger partial charge in [0.1, 0.15) is 17.2 Å². The summed E-state index contributed by atoms with van der Waals surface area (Å²) in [5.74, 6) is -2.62. The molecule has 2 N–H and O–H groups in total. The van der Waals surface area contributed by atoms with Crippen molar-refractivity contribution < 1.29 is 23.6 Å². The number of carboxylic acid groups (broad SMARTS) is 1. The Balaban J connectivity index is 1.98. The first-order valence-corrected chi connectivity index (χ1v) is 6.89. The topological polar surface area (TPSA) is 72.9 Å². The van der Waals surface area contributed by atoms with Crippen molar-refractivity contribution >= 4 is 23.5 Å². The van der Waals surface area contributed by atoms with Gasteiger partial charge in [-0.05, 0) is 41.0 Å². The summed E-state index contributed by atoms with van der Waals surface area (Å²) in [4.78, 5) is 23.0. The van der Waals surface area contributed by atoms with Crippen LogP contribution >= 0.6 is 11.6 Å². The van der Waals surface area contributed by atoms with Crippen molar-refractivity contribution in [1.82, 2.24) is 15.6 Å². The van der Waals surface area contributed by atoms with Crippen molar-refractivity contribution in [3.05, 3.63) is 57.8 Å². The number of halogens is 3. The van der Waals surface area contributed by atoms with Gasteiger partial charge in [0.05, 0.1) is 12.7 Å². The summed E-state index contributed by atoms with van der Waals surface area (Å²) >= 11 is 5.99. The second-order valence-electron chi connectivity index (χ2n) is 5.01. The molecule has 0 spiro atoms. The van der Waals surface area contributed by atoms with Gasteiger partial charge in [0.15, 0.2) is 0 Å². The highest BCUT2D eigenvalue weighted by atomic mass is 35.5. The van der Waals surface area contributed by atoms with E-state index in [1.165, 1.54) is 18.2 Å². The zero-order valence-electron chi connectivity index (χ0n) is 11.5. The monoisotopic (exact) mass is 341 g/mol. The fourth-order valence-electron chi connectivity index (χ4n) is 2.46. The highest BCUT2D eigenvalue weighted by molar-refractivity contribution is 6.31. The molecule has 1 aromatic carbocycles.